The number of nitrogens with one attached hydrogen (secondary N) is 1. The van der Waals surface area contributed by atoms with Gasteiger partial charge in [-0.2, -0.15) is 5.10 Å². The number of rotatable bonds is 1. The largest absolute Gasteiger partial charge is 0.378 e. The van der Waals surface area contributed by atoms with Crippen molar-refractivity contribution in [2.75, 3.05) is 31.2 Å². The maximum atomic E-state index is 12.2. The second-order valence-electron chi connectivity index (χ2n) is 7.44. The van der Waals surface area contributed by atoms with Crippen molar-refractivity contribution in [3.63, 3.8) is 0 Å². The number of pyridine rings is 1. The maximum Gasteiger partial charge on any atom is 0.282 e. The van der Waals surface area contributed by atoms with Crippen LogP contribution >= 0.6 is 11.3 Å². The molecule has 0 aliphatic carbocycles. The third-order valence-corrected chi connectivity index (χ3v) is 6.25. The highest BCUT2D eigenvalue weighted by Gasteiger charge is 2.33. The van der Waals surface area contributed by atoms with E-state index in [0.29, 0.717) is 24.5 Å². The first-order valence-electron chi connectivity index (χ1n) is 8.82. The van der Waals surface area contributed by atoms with Crippen LogP contribution in [0, 0.1) is 0 Å². The number of aromatic amines is 1. The van der Waals surface area contributed by atoms with Gasteiger partial charge in [-0.3, -0.25) is 4.79 Å². The van der Waals surface area contributed by atoms with Gasteiger partial charge in [-0.25, -0.2) is 10.1 Å². The molecule has 0 spiro atoms. The lowest BCUT2D eigenvalue weighted by Gasteiger charge is -2.36. The highest BCUT2D eigenvalue weighted by Crippen LogP contribution is 2.42. The van der Waals surface area contributed by atoms with Gasteiger partial charge in [0.25, 0.3) is 5.56 Å². The lowest BCUT2D eigenvalue weighted by molar-refractivity contribution is -0.0396. The van der Waals surface area contributed by atoms with Gasteiger partial charge in [-0.05, 0) is 19.4 Å². The molecule has 26 heavy (non-hydrogen) atoms. The third kappa shape index (κ3) is 2.44. The summed E-state index contributed by atoms with van der Waals surface area (Å²) >= 11 is 1.45. The number of aromatic nitrogens is 3. The minimum absolute atomic E-state index is 0.154. The lowest BCUT2D eigenvalue weighted by atomic mass is 9.89. The van der Waals surface area contributed by atoms with E-state index in [-0.39, 0.29) is 11.2 Å². The second-order valence-corrected chi connectivity index (χ2v) is 8.44. The fourth-order valence-corrected chi connectivity index (χ4v) is 4.94. The molecule has 136 valence electrons. The highest BCUT2D eigenvalue weighted by molar-refractivity contribution is 7.25. The van der Waals surface area contributed by atoms with Crippen molar-refractivity contribution in [3.8, 4) is 0 Å². The fourth-order valence-electron chi connectivity index (χ4n) is 3.88. The summed E-state index contributed by atoms with van der Waals surface area (Å²) in [5.74, 6) is 0.974. The zero-order chi connectivity index (χ0) is 17.9. The molecule has 8 heteroatoms. The third-order valence-electron chi connectivity index (χ3n) is 5.16. The first-order valence-corrected chi connectivity index (χ1v) is 9.63. The molecule has 0 bridgehead atoms. The monoisotopic (exact) mass is 372 g/mol. The molecule has 2 aliphatic rings. The minimum Gasteiger partial charge on any atom is -0.378 e. The molecular weight excluding hydrogens is 352 g/mol. The Morgan fingerprint density at radius 1 is 1.27 bits per heavy atom. The number of hydrogen-bond donors (Lipinski definition) is 1. The Morgan fingerprint density at radius 3 is 2.88 bits per heavy atom. The van der Waals surface area contributed by atoms with Gasteiger partial charge in [0, 0.05) is 35.8 Å². The van der Waals surface area contributed by atoms with Crippen molar-refractivity contribution in [2.45, 2.75) is 32.5 Å². The standard InChI is InChI=1S/C18H20N4O3S/c1-18(2)7-10-12(9-25-18)15(22-3-5-24-6-4-22)20-17-13(10)11-8-19-21-16(23)14(11)26-17/h8H,3-7,9H2,1-2H3,(H,21,23). The molecule has 3 aromatic rings. The topological polar surface area (TPSA) is 80.3 Å². The molecule has 0 saturated carbocycles. The molecule has 0 unspecified atom stereocenters. The fraction of sp³-hybridized carbons (Fsp3) is 0.500. The van der Waals surface area contributed by atoms with Gasteiger partial charge in [-0.1, -0.05) is 0 Å². The molecule has 0 amide bonds. The minimum atomic E-state index is -0.244. The van der Waals surface area contributed by atoms with Gasteiger partial charge >= 0.3 is 0 Å². The molecule has 5 heterocycles. The Morgan fingerprint density at radius 2 is 2.08 bits per heavy atom. The maximum absolute atomic E-state index is 12.2. The van der Waals surface area contributed by atoms with Crippen molar-refractivity contribution >= 4 is 37.5 Å². The Hall–Kier alpha value is -2.03. The van der Waals surface area contributed by atoms with E-state index in [1.807, 2.05) is 0 Å². The van der Waals surface area contributed by atoms with E-state index in [1.54, 1.807) is 6.20 Å². The van der Waals surface area contributed by atoms with E-state index < -0.39 is 0 Å². The number of hydrogen-bond acceptors (Lipinski definition) is 7. The smallest absolute Gasteiger partial charge is 0.282 e. The van der Waals surface area contributed by atoms with Crippen LogP contribution < -0.4 is 10.5 Å². The molecule has 1 fully saturated rings. The molecule has 5 rings (SSSR count). The van der Waals surface area contributed by atoms with Crippen LogP contribution in [0.25, 0.3) is 20.3 Å². The van der Waals surface area contributed by atoms with E-state index in [1.165, 1.54) is 16.9 Å². The molecule has 1 saturated heterocycles. The molecule has 0 aromatic carbocycles. The summed E-state index contributed by atoms with van der Waals surface area (Å²) in [4.78, 5) is 20.4. The van der Waals surface area contributed by atoms with Gasteiger partial charge in [-0.15, -0.1) is 11.3 Å². The SMILES string of the molecule is CC1(C)Cc2c(c(N3CCOCC3)nc3sc4c(=O)[nH]ncc4c23)CO1. The molecule has 3 aromatic heterocycles. The molecule has 7 nitrogen and oxygen atoms in total. The summed E-state index contributed by atoms with van der Waals surface area (Å²) in [6, 6.07) is 0. The van der Waals surface area contributed by atoms with Gasteiger partial charge < -0.3 is 14.4 Å². The molecular formula is C18H20N4O3S. The summed E-state index contributed by atoms with van der Waals surface area (Å²) in [6.45, 7) is 7.80. The predicted molar refractivity (Wildman–Crippen MR) is 101 cm³/mol. The summed E-state index contributed by atoms with van der Waals surface area (Å²) in [5.41, 5.74) is 1.98. The summed E-state index contributed by atoms with van der Waals surface area (Å²) in [7, 11) is 0. The van der Waals surface area contributed by atoms with Gasteiger partial charge in [0.2, 0.25) is 0 Å². The van der Waals surface area contributed by atoms with Crippen LogP contribution in [0.4, 0.5) is 5.82 Å². The zero-order valence-electron chi connectivity index (χ0n) is 14.8. The second kappa shape index (κ2) is 5.73. The lowest BCUT2D eigenvalue weighted by Crippen LogP contribution is -2.39. The van der Waals surface area contributed by atoms with Gasteiger partial charge in [0.05, 0.1) is 31.6 Å². The number of anilines is 1. The Bertz CT molecular complexity index is 1070. The van der Waals surface area contributed by atoms with Crippen LogP contribution in [0.3, 0.4) is 0 Å². The van der Waals surface area contributed by atoms with E-state index >= 15 is 0 Å². The number of ether oxygens (including phenoxy) is 2. The zero-order valence-corrected chi connectivity index (χ0v) is 15.6. The number of thiophene rings is 1. The quantitative estimate of drug-likeness (QED) is 0.706. The summed E-state index contributed by atoms with van der Waals surface area (Å²) < 4.78 is 12.3. The number of H-pyrrole nitrogens is 1. The van der Waals surface area contributed by atoms with Crippen molar-refractivity contribution in [3.05, 3.63) is 27.7 Å². The molecule has 0 atom stereocenters. The van der Waals surface area contributed by atoms with Crippen molar-refractivity contribution in [1.82, 2.24) is 15.2 Å². The van der Waals surface area contributed by atoms with Crippen molar-refractivity contribution in [2.24, 2.45) is 0 Å². The van der Waals surface area contributed by atoms with E-state index in [0.717, 1.165) is 46.5 Å². The summed E-state index contributed by atoms with van der Waals surface area (Å²) in [5, 5.41) is 8.50. The average molecular weight is 372 g/mol. The van der Waals surface area contributed by atoms with Crippen LogP contribution in [-0.4, -0.2) is 47.1 Å². The molecule has 1 N–H and O–H groups in total. The normalized spacial score (nSPS) is 19.8. The Balaban J connectivity index is 1.83. The van der Waals surface area contributed by atoms with Crippen molar-refractivity contribution in [1.29, 1.82) is 0 Å². The average Bonchev–Trinajstić information content (AvgIpc) is 3.01. The predicted octanol–water partition coefficient (Wildman–Crippen LogP) is 2.22. The van der Waals surface area contributed by atoms with Gasteiger partial charge in [0.1, 0.15) is 15.3 Å². The first-order chi connectivity index (χ1) is 12.5. The number of morpholine rings is 1. The van der Waals surface area contributed by atoms with E-state index in [9.17, 15) is 4.79 Å². The molecule has 2 aliphatic heterocycles. The Labute approximate surface area is 153 Å². The number of fused-ring (bicyclic) bond motifs is 5. The Kier molecular flexibility index (Phi) is 3.57. The van der Waals surface area contributed by atoms with Crippen LogP contribution in [0.15, 0.2) is 11.0 Å². The van der Waals surface area contributed by atoms with E-state index in [2.05, 4.69) is 28.9 Å². The van der Waals surface area contributed by atoms with Crippen LogP contribution in [0.2, 0.25) is 0 Å². The summed E-state index contributed by atoms with van der Waals surface area (Å²) in [6.07, 6.45) is 2.53. The van der Waals surface area contributed by atoms with Crippen LogP contribution in [0.1, 0.15) is 25.0 Å². The number of nitrogens with zero attached hydrogens (tertiary/aromatic N) is 3. The van der Waals surface area contributed by atoms with Crippen LogP contribution in [0.5, 0.6) is 0 Å². The van der Waals surface area contributed by atoms with E-state index in [4.69, 9.17) is 14.5 Å². The first kappa shape index (κ1) is 16.2. The highest BCUT2D eigenvalue weighted by atomic mass is 32.1. The molecule has 0 radical (unpaired) electrons. The van der Waals surface area contributed by atoms with Crippen molar-refractivity contribution < 1.29 is 9.47 Å². The van der Waals surface area contributed by atoms with Gasteiger partial charge in [0.15, 0.2) is 0 Å². The van der Waals surface area contributed by atoms with Crippen LogP contribution in [-0.2, 0) is 22.5 Å².